The first kappa shape index (κ1) is 25.7. The van der Waals surface area contributed by atoms with Crippen molar-refractivity contribution in [1.82, 2.24) is 5.32 Å². The van der Waals surface area contributed by atoms with E-state index in [1.807, 2.05) is 34.6 Å². The zero-order valence-electron chi connectivity index (χ0n) is 18.9. The maximum absolute atomic E-state index is 12.7. The van der Waals surface area contributed by atoms with Gasteiger partial charge in [-0.2, -0.15) is 0 Å². The van der Waals surface area contributed by atoms with Gasteiger partial charge in [0.25, 0.3) is 0 Å². The number of rotatable bonds is 13. The Morgan fingerprint density at radius 3 is 1.81 bits per heavy atom. The molecular weight excluding hydrogens is 342 g/mol. The number of hydrogen-bond donors (Lipinski definition) is 1. The Labute approximate surface area is 167 Å². The molecule has 0 saturated heterocycles. The van der Waals surface area contributed by atoms with Gasteiger partial charge in [-0.3, -0.25) is 4.79 Å². The molecule has 0 fully saturated rings. The van der Waals surface area contributed by atoms with Gasteiger partial charge in [0.05, 0.1) is 5.41 Å². The molecule has 0 aromatic carbocycles. The lowest BCUT2D eigenvalue weighted by atomic mass is 9.70. The molecule has 0 radical (unpaired) electrons. The highest BCUT2D eigenvalue weighted by Crippen LogP contribution is 2.37. The van der Waals surface area contributed by atoms with Crippen molar-refractivity contribution in [1.29, 1.82) is 0 Å². The van der Waals surface area contributed by atoms with Gasteiger partial charge in [0.1, 0.15) is 12.2 Å². The van der Waals surface area contributed by atoms with Crippen molar-refractivity contribution in [2.75, 3.05) is 6.54 Å². The van der Waals surface area contributed by atoms with Gasteiger partial charge >= 0.3 is 12.1 Å². The first-order valence-corrected chi connectivity index (χ1v) is 10.7. The first-order chi connectivity index (χ1) is 12.6. The van der Waals surface area contributed by atoms with E-state index in [1.165, 1.54) is 25.7 Å². The average Bonchev–Trinajstić information content (AvgIpc) is 2.59. The summed E-state index contributed by atoms with van der Waals surface area (Å²) in [6.07, 6.45) is 5.61. The monoisotopic (exact) mass is 385 g/mol. The summed E-state index contributed by atoms with van der Waals surface area (Å²) in [4.78, 5) is 24.6. The van der Waals surface area contributed by atoms with Crippen molar-refractivity contribution in [2.45, 2.75) is 106 Å². The van der Waals surface area contributed by atoms with Crippen molar-refractivity contribution in [3.05, 3.63) is 0 Å². The Balaban J connectivity index is 4.28. The smallest absolute Gasteiger partial charge is 0.407 e. The summed E-state index contributed by atoms with van der Waals surface area (Å²) in [6, 6.07) is 0. The molecule has 0 aliphatic rings. The molecule has 0 rings (SSSR count). The molecule has 1 amide bonds. The summed E-state index contributed by atoms with van der Waals surface area (Å²) in [7, 11) is 0. The molecule has 5 nitrogen and oxygen atoms in total. The zero-order valence-corrected chi connectivity index (χ0v) is 18.9. The summed E-state index contributed by atoms with van der Waals surface area (Å²) >= 11 is 0. The van der Waals surface area contributed by atoms with Gasteiger partial charge in [-0.25, -0.2) is 4.79 Å². The summed E-state index contributed by atoms with van der Waals surface area (Å²) in [5.74, 6) is 0.0889. The number of amides is 1. The predicted octanol–water partition coefficient (Wildman–Crippen LogP) is 5.71. The van der Waals surface area contributed by atoms with Crippen molar-refractivity contribution < 1.29 is 19.1 Å². The minimum atomic E-state index is -0.561. The number of nitrogens with one attached hydrogen (secondary N) is 1. The van der Waals surface area contributed by atoms with Gasteiger partial charge in [0.15, 0.2) is 0 Å². The topological polar surface area (TPSA) is 64.6 Å². The number of carbonyl (C=O) groups is 2. The highest BCUT2D eigenvalue weighted by atomic mass is 16.6. The largest absolute Gasteiger partial charge is 0.458 e. The molecule has 160 valence electrons. The first-order valence-electron chi connectivity index (χ1n) is 10.7. The molecule has 0 aromatic rings. The van der Waals surface area contributed by atoms with Crippen LogP contribution in [-0.2, 0) is 14.3 Å². The second-order valence-electron chi connectivity index (χ2n) is 8.51. The van der Waals surface area contributed by atoms with Gasteiger partial charge in [0.2, 0.25) is 0 Å². The Kier molecular flexibility index (Phi) is 12.4. The number of esters is 1. The molecular formula is C22H43NO4. The Morgan fingerprint density at radius 1 is 0.815 bits per heavy atom. The van der Waals surface area contributed by atoms with Crippen LogP contribution >= 0.6 is 0 Å². The van der Waals surface area contributed by atoms with E-state index < -0.39 is 23.7 Å². The molecule has 2 unspecified atom stereocenters. The summed E-state index contributed by atoms with van der Waals surface area (Å²) in [5, 5.41) is 2.78. The molecule has 0 aromatic heterocycles. The summed E-state index contributed by atoms with van der Waals surface area (Å²) < 4.78 is 11.0. The van der Waals surface area contributed by atoms with Crippen molar-refractivity contribution in [3.8, 4) is 0 Å². The van der Waals surface area contributed by atoms with Crippen LogP contribution in [0.15, 0.2) is 0 Å². The molecule has 0 aliphatic heterocycles. The predicted molar refractivity (Wildman–Crippen MR) is 111 cm³/mol. The van der Waals surface area contributed by atoms with Crippen molar-refractivity contribution in [2.24, 2.45) is 17.3 Å². The van der Waals surface area contributed by atoms with Crippen LogP contribution < -0.4 is 5.32 Å². The molecule has 0 heterocycles. The molecule has 0 spiro atoms. The van der Waals surface area contributed by atoms with E-state index in [9.17, 15) is 9.59 Å². The van der Waals surface area contributed by atoms with Gasteiger partial charge in [-0.05, 0) is 39.0 Å². The number of ether oxygens (including phenoxy) is 2. The number of carbonyl (C=O) groups excluding carboxylic acids is 2. The third-order valence-electron chi connectivity index (χ3n) is 5.89. The number of alkyl carbamates (subject to hydrolysis) is 1. The third-order valence-corrected chi connectivity index (χ3v) is 5.89. The highest BCUT2D eigenvalue weighted by molar-refractivity contribution is 5.77. The SMILES string of the molecule is CCCCCCCCNC(=O)OC(C)C(C)OC(=O)C(C)(C(C)C)C(C)C. The Morgan fingerprint density at radius 2 is 1.30 bits per heavy atom. The minimum Gasteiger partial charge on any atom is -0.458 e. The molecule has 0 bridgehead atoms. The van der Waals surface area contributed by atoms with Gasteiger partial charge in [-0.1, -0.05) is 66.7 Å². The maximum Gasteiger partial charge on any atom is 0.407 e. The van der Waals surface area contributed by atoms with E-state index in [4.69, 9.17) is 9.47 Å². The average molecular weight is 386 g/mol. The van der Waals surface area contributed by atoms with Crippen LogP contribution in [0, 0.1) is 17.3 Å². The normalized spacial score (nSPS) is 14.1. The van der Waals surface area contributed by atoms with E-state index >= 15 is 0 Å². The standard InChI is InChI=1S/C22H43NO4/c1-9-10-11-12-13-14-15-23-21(25)27-19(7)18(6)26-20(24)22(8,16(2)3)17(4)5/h16-19H,9-15H2,1-8H3,(H,23,25). The zero-order chi connectivity index (χ0) is 21.0. The quantitative estimate of drug-likeness (QED) is 0.326. The Hall–Kier alpha value is -1.26. The lowest BCUT2D eigenvalue weighted by Crippen LogP contribution is -2.43. The van der Waals surface area contributed by atoms with E-state index in [-0.39, 0.29) is 17.8 Å². The van der Waals surface area contributed by atoms with Crippen LogP contribution in [0.2, 0.25) is 0 Å². The molecule has 5 heteroatoms. The van der Waals surface area contributed by atoms with Crippen LogP contribution in [0.5, 0.6) is 0 Å². The fraction of sp³-hybridized carbons (Fsp3) is 0.909. The van der Waals surface area contributed by atoms with Crippen LogP contribution in [0.3, 0.4) is 0 Å². The van der Waals surface area contributed by atoms with E-state index in [2.05, 4.69) is 12.2 Å². The number of hydrogen-bond acceptors (Lipinski definition) is 4. The van der Waals surface area contributed by atoms with Gasteiger partial charge in [-0.15, -0.1) is 0 Å². The van der Waals surface area contributed by atoms with Crippen LogP contribution in [0.1, 0.15) is 93.9 Å². The molecule has 27 heavy (non-hydrogen) atoms. The maximum atomic E-state index is 12.7. The molecule has 0 saturated carbocycles. The third kappa shape index (κ3) is 8.98. The van der Waals surface area contributed by atoms with E-state index in [0.29, 0.717) is 6.54 Å². The molecule has 1 N–H and O–H groups in total. The molecule has 0 aliphatic carbocycles. The second kappa shape index (κ2) is 13.0. The van der Waals surface area contributed by atoms with Crippen LogP contribution in [0.25, 0.3) is 0 Å². The van der Waals surface area contributed by atoms with E-state index in [1.54, 1.807) is 13.8 Å². The van der Waals surface area contributed by atoms with E-state index in [0.717, 1.165) is 12.8 Å². The lowest BCUT2D eigenvalue weighted by molar-refractivity contribution is -0.170. The fourth-order valence-corrected chi connectivity index (χ4v) is 2.93. The van der Waals surface area contributed by atoms with Crippen LogP contribution in [0.4, 0.5) is 4.79 Å². The molecule has 2 atom stereocenters. The Bertz CT molecular complexity index is 426. The van der Waals surface area contributed by atoms with Gasteiger partial charge < -0.3 is 14.8 Å². The van der Waals surface area contributed by atoms with Crippen LogP contribution in [-0.4, -0.2) is 30.8 Å². The second-order valence-corrected chi connectivity index (χ2v) is 8.51. The minimum absolute atomic E-state index is 0.161. The lowest BCUT2D eigenvalue weighted by Gasteiger charge is -2.36. The fourth-order valence-electron chi connectivity index (χ4n) is 2.93. The van der Waals surface area contributed by atoms with Crippen molar-refractivity contribution in [3.63, 3.8) is 0 Å². The van der Waals surface area contributed by atoms with Crippen molar-refractivity contribution >= 4 is 12.1 Å². The summed E-state index contributed by atoms with van der Waals surface area (Å²) in [6.45, 7) is 16.4. The summed E-state index contributed by atoms with van der Waals surface area (Å²) in [5.41, 5.74) is -0.561. The number of unbranched alkanes of at least 4 members (excludes halogenated alkanes) is 5. The highest BCUT2D eigenvalue weighted by Gasteiger charge is 2.42. The van der Waals surface area contributed by atoms with Gasteiger partial charge in [0, 0.05) is 6.54 Å².